The van der Waals surface area contributed by atoms with Crippen LogP contribution in [0.25, 0.3) is 0 Å². The summed E-state index contributed by atoms with van der Waals surface area (Å²) in [5.41, 5.74) is 4.93. The van der Waals surface area contributed by atoms with Crippen LogP contribution in [-0.2, 0) is 6.16 Å². The van der Waals surface area contributed by atoms with Crippen molar-refractivity contribution >= 4 is 56.8 Å². The lowest BCUT2D eigenvalue weighted by Gasteiger charge is -2.26. The van der Waals surface area contributed by atoms with E-state index in [1.807, 2.05) is 0 Å². The van der Waals surface area contributed by atoms with Crippen molar-refractivity contribution < 1.29 is 0 Å². The molecule has 0 unspecified atom stereocenters. The molecule has 0 bridgehead atoms. The van der Waals surface area contributed by atoms with Gasteiger partial charge in [0.25, 0.3) is 0 Å². The fourth-order valence-electron chi connectivity index (χ4n) is 3.08. The van der Waals surface area contributed by atoms with E-state index in [0.717, 1.165) is 20.3 Å². The lowest BCUT2D eigenvalue weighted by molar-refractivity contribution is 1.26. The van der Waals surface area contributed by atoms with Gasteiger partial charge in [0.15, 0.2) is 0 Å². The van der Waals surface area contributed by atoms with E-state index >= 15 is 0 Å². The smallest absolute Gasteiger partial charge is 0.0462 e. The van der Waals surface area contributed by atoms with Crippen molar-refractivity contribution in [2.75, 3.05) is 17.2 Å². The Kier molecular flexibility index (Phi) is 7.52. The van der Waals surface area contributed by atoms with Crippen LogP contribution in [0.4, 0.5) is 17.1 Å². The molecular weight excluding hydrogens is 481 g/mol. The fourth-order valence-corrected chi connectivity index (χ4v) is 5.23. The number of halogens is 2. The monoisotopic (exact) mass is 503 g/mol. The summed E-state index contributed by atoms with van der Waals surface area (Å²) in [7, 11) is 0.124. The SMILES string of the molecule is CCP(CC)Cc1ccc(N(c2ccc(Br)cc2)c2ccc(Br)cc2)cc1. The van der Waals surface area contributed by atoms with Gasteiger partial charge in [0.05, 0.1) is 0 Å². The van der Waals surface area contributed by atoms with Crippen LogP contribution in [-0.4, -0.2) is 12.3 Å². The van der Waals surface area contributed by atoms with Crippen LogP contribution in [0.15, 0.2) is 81.7 Å². The summed E-state index contributed by atoms with van der Waals surface area (Å²) in [6, 6.07) is 26.0. The predicted molar refractivity (Wildman–Crippen MR) is 128 cm³/mol. The maximum Gasteiger partial charge on any atom is 0.0462 e. The van der Waals surface area contributed by atoms with E-state index in [1.165, 1.54) is 29.7 Å². The van der Waals surface area contributed by atoms with Gasteiger partial charge in [0.2, 0.25) is 0 Å². The average molecular weight is 505 g/mol. The molecule has 0 aromatic heterocycles. The van der Waals surface area contributed by atoms with Gasteiger partial charge in [-0.2, -0.15) is 0 Å². The molecule has 4 heteroatoms. The molecule has 3 aromatic rings. The molecule has 0 aliphatic rings. The summed E-state index contributed by atoms with van der Waals surface area (Å²) in [4.78, 5) is 2.30. The zero-order chi connectivity index (χ0) is 19.2. The molecule has 0 aliphatic carbocycles. The van der Waals surface area contributed by atoms with Gasteiger partial charge in [-0.05, 0) is 84.7 Å². The highest BCUT2D eigenvalue weighted by Crippen LogP contribution is 2.40. The van der Waals surface area contributed by atoms with E-state index in [4.69, 9.17) is 0 Å². The van der Waals surface area contributed by atoms with Crippen molar-refractivity contribution in [2.45, 2.75) is 20.0 Å². The van der Waals surface area contributed by atoms with Crippen LogP contribution in [0.1, 0.15) is 19.4 Å². The first-order valence-electron chi connectivity index (χ1n) is 9.23. The Morgan fingerprint density at radius 1 is 0.630 bits per heavy atom. The van der Waals surface area contributed by atoms with E-state index in [0.29, 0.717) is 0 Å². The van der Waals surface area contributed by atoms with E-state index in [2.05, 4.69) is 123 Å². The fraction of sp³-hybridized carbons (Fsp3) is 0.217. The van der Waals surface area contributed by atoms with E-state index < -0.39 is 0 Å². The summed E-state index contributed by atoms with van der Waals surface area (Å²) < 4.78 is 2.18. The summed E-state index contributed by atoms with van der Waals surface area (Å²) in [6.45, 7) is 4.62. The highest BCUT2D eigenvalue weighted by atomic mass is 79.9. The van der Waals surface area contributed by atoms with E-state index in [-0.39, 0.29) is 7.92 Å². The topological polar surface area (TPSA) is 3.24 Å². The number of benzene rings is 3. The molecule has 0 amide bonds. The standard InChI is InChI=1S/C23H24Br2NP/c1-3-27(4-2)17-18-5-11-21(12-6-18)26(22-13-7-19(24)8-14-22)23-15-9-20(25)10-16-23/h5-16H,3-4,17H2,1-2H3. The minimum atomic E-state index is 0.124. The second-order valence-electron chi connectivity index (χ2n) is 6.42. The largest absolute Gasteiger partial charge is 0.311 e. The van der Waals surface area contributed by atoms with Gasteiger partial charge >= 0.3 is 0 Å². The minimum Gasteiger partial charge on any atom is -0.311 e. The molecule has 3 rings (SSSR count). The summed E-state index contributed by atoms with van der Waals surface area (Å²) >= 11 is 7.08. The second kappa shape index (κ2) is 9.87. The van der Waals surface area contributed by atoms with Crippen molar-refractivity contribution in [1.29, 1.82) is 0 Å². The van der Waals surface area contributed by atoms with Crippen molar-refractivity contribution in [2.24, 2.45) is 0 Å². The van der Waals surface area contributed by atoms with Crippen LogP contribution >= 0.6 is 39.8 Å². The summed E-state index contributed by atoms with van der Waals surface area (Å²) in [6.07, 6.45) is 3.83. The zero-order valence-electron chi connectivity index (χ0n) is 15.7. The normalized spacial score (nSPS) is 11.0. The first-order valence-corrected chi connectivity index (χ1v) is 12.7. The van der Waals surface area contributed by atoms with Crippen molar-refractivity contribution in [3.8, 4) is 0 Å². The molecule has 1 nitrogen and oxygen atoms in total. The minimum absolute atomic E-state index is 0.124. The van der Waals surface area contributed by atoms with Crippen LogP contribution in [0.2, 0.25) is 0 Å². The Balaban J connectivity index is 1.95. The van der Waals surface area contributed by atoms with E-state index in [1.54, 1.807) is 0 Å². The van der Waals surface area contributed by atoms with Gasteiger partial charge in [0.1, 0.15) is 0 Å². The van der Waals surface area contributed by atoms with E-state index in [9.17, 15) is 0 Å². The first kappa shape index (κ1) is 20.6. The quantitative estimate of drug-likeness (QED) is 0.291. The van der Waals surface area contributed by atoms with Gasteiger partial charge in [-0.15, -0.1) is 7.92 Å². The molecule has 27 heavy (non-hydrogen) atoms. The molecule has 0 spiro atoms. The second-order valence-corrected chi connectivity index (χ2v) is 11.2. The molecule has 140 valence electrons. The number of rotatable bonds is 7. The maximum atomic E-state index is 3.54. The molecule has 0 aliphatic heterocycles. The Labute approximate surface area is 180 Å². The average Bonchev–Trinajstić information content (AvgIpc) is 2.70. The third-order valence-electron chi connectivity index (χ3n) is 4.66. The van der Waals surface area contributed by atoms with Crippen LogP contribution in [0, 0.1) is 0 Å². The number of nitrogens with zero attached hydrogens (tertiary/aromatic N) is 1. The summed E-state index contributed by atoms with van der Waals surface area (Å²) in [5, 5.41) is 0. The molecule has 0 saturated carbocycles. The van der Waals surface area contributed by atoms with Crippen LogP contribution in [0.3, 0.4) is 0 Å². The number of hydrogen-bond acceptors (Lipinski definition) is 1. The third kappa shape index (κ3) is 5.44. The molecule has 0 atom stereocenters. The predicted octanol–water partition coefficient (Wildman–Crippen LogP) is 8.70. The van der Waals surface area contributed by atoms with Crippen molar-refractivity contribution in [3.05, 3.63) is 87.3 Å². The molecule has 0 radical (unpaired) electrons. The van der Waals surface area contributed by atoms with Gasteiger partial charge < -0.3 is 4.90 Å². The Bertz CT molecular complexity index is 796. The lowest BCUT2D eigenvalue weighted by atomic mass is 10.1. The Morgan fingerprint density at radius 3 is 1.37 bits per heavy atom. The van der Waals surface area contributed by atoms with Crippen LogP contribution < -0.4 is 4.90 Å². The molecular formula is C23H24Br2NP. The highest BCUT2D eigenvalue weighted by Gasteiger charge is 2.13. The van der Waals surface area contributed by atoms with Crippen molar-refractivity contribution in [3.63, 3.8) is 0 Å². The third-order valence-corrected chi connectivity index (χ3v) is 8.32. The molecule has 0 saturated heterocycles. The molecule has 3 aromatic carbocycles. The molecule has 0 N–H and O–H groups in total. The van der Waals surface area contributed by atoms with Gasteiger partial charge in [-0.3, -0.25) is 0 Å². The Hall–Kier alpha value is -1.15. The van der Waals surface area contributed by atoms with Gasteiger partial charge in [-0.1, -0.05) is 57.8 Å². The van der Waals surface area contributed by atoms with Crippen LogP contribution in [0.5, 0.6) is 0 Å². The highest BCUT2D eigenvalue weighted by molar-refractivity contribution is 9.10. The Morgan fingerprint density at radius 2 is 1.00 bits per heavy atom. The lowest BCUT2D eigenvalue weighted by Crippen LogP contribution is -2.09. The zero-order valence-corrected chi connectivity index (χ0v) is 19.8. The number of hydrogen-bond donors (Lipinski definition) is 0. The molecule has 0 fully saturated rings. The van der Waals surface area contributed by atoms with Crippen molar-refractivity contribution in [1.82, 2.24) is 0 Å². The van der Waals surface area contributed by atoms with Gasteiger partial charge in [-0.25, -0.2) is 0 Å². The molecule has 0 heterocycles. The van der Waals surface area contributed by atoms with Gasteiger partial charge in [0, 0.05) is 26.0 Å². The first-order chi connectivity index (χ1) is 13.1. The maximum absolute atomic E-state index is 3.54. The number of anilines is 3. The summed E-state index contributed by atoms with van der Waals surface area (Å²) in [5.74, 6) is 0.